The van der Waals surface area contributed by atoms with Gasteiger partial charge in [-0.15, -0.1) is 0 Å². The minimum atomic E-state index is 0.406. The standard InChI is InChI=1S/C12H17NO.C2H6/c1-2-12-10-13(8-9-14-12)11-6-4-3-5-7-11;1-2/h3-7,12H,2,8-10H2,1H3;1-2H3. The number of anilines is 1. The number of benzene rings is 1. The first-order chi connectivity index (χ1) is 7.90. The maximum Gasteiger partial charge on any atom is 0.0748 e. The summed E-state index contributed by atoms with van der Waals surface area (Å²) in [5.74, 6) is 0. The van der Waals surface area contributed by atoms with Crippen molar-refractivity contribution in [2.75, 3.05) is 24.6 Å². The van der Waals surface area contributed by atoms with Gasteiger partial charge in [0.25, 0.3) is 0 Å². The molecule has 0 aromatic heterocycles. The molecular formula is C14H23NO. The monoisotopic (exact) mass is 221 g/mol. The molecule has 0 radical (unpaired) electrons. The molecule has 0 spiro atoms. The van der Waals surface area contributed by atoms with Gasteiger partial charge >= 0.3 is 0 Å². The summed E-state index contributed by atoms with van der Waals surface area (Å²) >= 11 is 0. The van der Waals surface area contributed by atoms with Crippen molar-refractivity contribution in [3.8, 4) is 0 Å². The van der Waals surface area contributed by atoms with Gasteiger partial charge in [-0.3, -0.25) is 0 Å². The SMILES string of the molecule is CC.CCC1CN(c2ccccc2)CCO1. The van der Waals surface area contributed by atoms with Crippen molar-refractivity contribution in [2.24, 2.45) is 0 Å². The molecule has 1 aromatic carbocycles. The molecule has 2 rings (SSSR count). The van der Waals surface area contributed by atoms with E-state index >= 15 is 0 Å². The Morgan fingerprint density at radius 3 is 2.56 bits per heavy atom. The van der Waals surface area contributed by atoms with Gasteiger partial charge in [-0.1, -0.05) is 39.0 Å². The second kappa shape index (κ2) is 7.29. The molecule has 1 aromatic rings. The smallest absolute Gasteiger partial charge is 0.0748 e. The van der Waals surface area contributed by atoms with Crippen molar-refractivity contribution in [1.29, 1.82) is 0 Å². The predicted octanol–water partition coefficient (Wildman–Crippen LogP) is 3.33. The van der Waals surface area contributed by atoms with Gasteiger partial charge in [0.15, 0.2) is 0 Å². The summed E-state index contributed by atoms with van der Waals surface area (Å²) in [6.45, 7) is 9.08. The highest BCUT2D eigenvalue weighted by molar-refractivity contribution is 5.46. The molecular weight excluding hydrogens is 198 g/mol. The van der Waals surface area contributed by atoms with E-state index in [2.05, 4.69) is 42.2 Å². The molecule has 1 saturated heterocycles. The lowest BCUT2D eigenvalue weighted by Gasteiger charge is -2.34. The first-order valence-corrected chi connectivity index (χ1v) is 6.31. The second-order valence-electron chi connectivity index (χ2n) is 3.68. The third-order valence-corrected chi connectivity index (χ3v) is 2.72. The van der Waals surface area contributed by atoms with E-state index in [1.807, 2.05) is 13.8 Å². The molecule has 1 fully saturated rings. The third-order valence-electron chi connectivity index (χ3n) is 2.72. The minimum absolute atomic E-state index is 0.406. The maximum absolute atomic E-state index is 5.64. The first-order valence-electron chi connectivity index (χ1n) is 6.31. The fourth-order valence-corrected chi connectivity index (χ4v) is 1.84. The van der Waals surface area contributed by atoms with Crippen molar-refractivity contribution < 1.29 is 4.74 Å². The zero-order chi connectivity index (χ0) is 11.8. The maximum atomic E-state index is 5.64. The van der Waals surface area contributed by atoms with E-state index in [0.717, 1.165) is 26.1 Å². The van der Waals surface area contributed by atoms with Crippen molar-refractivity contribution in [2.45, 2.75) is 33.3 Å². The van der Waals surface area contributed by atoms with Gasteiger partial charge in [0, 0.05) is 18.8 Å². The van der Waals surface area contributed by atoms with E-state index in [0.29, 0.717) is 6.10 Å². The van der Waals surface area contributed by atoms with Crippen molar-refractivity contribution >= 4 is 5.69 Å². The van der Waals surface area contributed by atoms with Crippen LogP contribution >= 0.6 is 0 Å². The minimum Gasteiger partial charge on any atom is -0.375 e. The van der Waals surface area contributed by atoms with Crippen LogP contribution in [-0.4, -0.2) is 25.8 Å². The molecule has 0 saturated carbocycles. The summed E-state index contributed by atoms with van der Waals surface area (Å²) in [4.78, 5) is 2.40. The molecule has 16 heavy (non-hydrogen) atoms. The molecule has 1 unspecified atom stereocenters. The Bertz CT molecular complexity index is 273. The van der Waals surface area contributed by atoms with Gasteiger partial charge in [0.1, 0.15) is 0 Å². The van der Waals surface area contributed by atoms with Gasteiger partial charge < -0.3 is 9.64 Å². The zero-order valence-corrected chi connectivity index (χ0v) is 10.6. The molecule has 0 bridgehead atoms. The van der Waals surface area contributed by atoms with Crippen LogP contribution in [0.25, 0.3) is 0 Å². The number of ether oxygens (including phenoxy) is 1. The average molecular weight is 221 g/mol. The van der Waals surface area contributed by atoms with Gasteiger partial charge in [0.2, 0.25) is 0 Å². The fourth-order valence-electron chi connectivity index (χ4n) is 1.84. The van der Waals surface area contributed by atoms with Crippen LogP contribution in [0.1, 0.15) is 27.2 Å². The fraction of sp³-hybridized carbons (Fsp3) is 0.571. The lowest BCUT2D eigenvalue weighted by Crippen LogP contribution is -2.42. The van der Waals surface area contributed by atoms with Crippen LogP contribution in [0, 0.1) is 0 Å². The normalized spacial score (nSPS) is 19.9. The van der Waals surface area contributed by atoms with E-state index < -0.39 is 0 Å². The number of morpholine rings is 1. The van der Waals surface area contributed by atoms with Crippen molar-refractivity contribution in [3.05, 3.63) is 30.3 Å². The summed E-state index contributed by atoms with van der Waals surface area (Å²) in [5, 5.41) is 0. The number of nitrogens with zero attached hydrogens (tertiary/aromatic N) is 1. The summed E-state index contributed by atoms with van der Waals surface area (Å²) < 4.78 is 5.64. The van der Waals surface area contributed by atoms with Crippen LogP contribution in [0.3, 0.4) is 0 Å². The second-order valence-corrected chi connectivity index (χ2v) is 3.68. The van der Waals surface area contributed by atoms with Crippen LogP contribution < -0.4 is 4.90 Å². The van der Waals surface area contributed by atoms with Gasteiger partial charge in [-0.05, 0) is 18.6 Å². The summed E-state index contributed by atoms with van der Waals surface area (Å²) in [6.07, 6.45) is 1.51. The summed E-state index contributed by atoms with van der Waals surface area (Å²) in [7, 11) is 0. The van der Waals surface area contributed by atoms with E-state index in [1.165, 1.54) is 5.69 Å². The zero-order valence-electron chi connectivity index (χ0n) is 10.6. The van der Waals surface area contributed by atoms with Crippen LogP contribution in [0.5, 0.6) is 0 Å². The number of rotatable bonds is 2. The Hall–Kier alpha value is -1.02. The molecule has 2 heteroatoms. The highest BCUT2D eigenvalue weighted by Gasteiger charge is 2.18. The quantitative estimate of drug-likeness (QED) is 0.759. The van der Waals surface area contributed by atoms with E-state index in [4.69, 9.17) is 4.74 Å². The Morgan fingerprint density at radius 2 is 1.94 bits per heavy atom. The Kier molecular flexibility index (Phi) is 5.94. The Balaban J connectivity index is 0.000000606. The molecule has 1 aliphatic rings. The topological polar surface area (TPSA) is 12.5 Å². The average Bonchev–Trinajstić information content (AvgIpc) is 2.42. The molecule has 1 aliphatic heterocycles. The molecule has 1 heterocycles. The summed E-state index contributed by atoms with van der Waals surface area (Å²) in [6, 6.07) is 10.6. The van der Waals surface area contributed by atoms with Gasteiger partial charge in [-0.2, -0.15) is 0 Å². The number of hydrogen-bond acceptors (Lipinski definition) is 2. The number of hydrogen-bond donors (Lipinski definition) is 0. The lowest BCUT2D eigenvalue weighted by atomic mass is 10.2. The summed E-state index contributed by atoms with van der Waals surface area (Å²) in [5.41, 5.74) is 1.31. The Morgan fingerprint density at radius 1 is 1.25 bits per heavy atom. The van der Waals surface area contributed by atoms with E-state index in [-0.39, 0.29) is 0 Å². The molecule has 0 amide bonds. The van der Waals surface area contributed by atoms with E-state index in [1.54, 1.807) is 0 Å². The molecule has 0 N–H and O–H groups in total. The van der Waals surface area contributed by atoms with Gasteiger partial charge in [-0.25, -0.2) is 0 Å². The van der Waals surface area contributed by atoms with Crippen LogP contribution in [0.2, 0.25) is 0 Å². The van der Waals surface area contributed by atoms with Gasteiger partial charge in [0.05, 0.1) is 12.7 Å². The first kappa shape index (κ1) is 13.0. The molecule has 1 atom stereocenters. The van der Waals surface area contributed by atoms with Crippen LogP contribution in [0.4, 0.5) is 5.69 Å². The highest BCUT2D eigenvalue weighted by Crippen LogP contribution is 2.17. The molecule has 90 valence electrons. The van der Waals surface area contributed by atoms with Crippen molar-refractivity contribution in [1.82, 2.24) is 0 Å². The largest absolute Gasteiger partial charge is 0.375 e. The number of para-hydroxylation sites is 1. The predicted molar refractivity (Wildman–Crippen MR) is 70.0 cm³/mol. The van der Waals surface area contributed by atoms with E-state index in [9.17, 15) is 0 Å². The molecule has 2 nitrogen and oxygen atoms in total. The van der Waals surface area contributed by atoms with Crippen LogP contribution in [0.15, 0.2) is 30.3 Å². The Labute approximate surface area is 99.2 Å². The van der Waals surface area contributed by atoms with Crippen molar-refractivity contribution in [3.63, 3.8) is 0 Å². The third kappa shape index (κ3) is 3.53. The lowest BCUT2D eigenvalue weighted by molar-refractivity contribution is 0.0384. The highest BCUT2D eigenvalue weighted by atomic mass is 16.5. The molecule has 0 aliphatic carbocycles. The van der Waals surface area contributed by atoms with Crippen LogP contribution in [-0.2, 0) is 4.74 Å².